The molecule has 2 N–H and O–H groups in total. The minimum Gasteiger partial charge on any atom is -0.379 e. The molecule has 0 aliphatic heterocycles. The largest absolute Gasteiger partial charge is 0.418 e. The van der Waals surface area contributed by atoms with Gasteiger partial charge in [0.1, 0.15) is 0 Å². The van der Waals surface area contributed by atoms with Crippen molar-refractivity contribution in [3.05, 3.63) is 54.1 Å². The molecule has 21 heavy (non-hydrogen) atoms. The Balaban J connectivity index is 2.27. The Labute approximate surface area is 117 Å². The monoisotopic (exact) mass is 297 g/mol. The van der Waals surface area contributed by atoms with Crippen molar-refractivity contribution in [1.82, 2.24) is 9.97 Å². The number of anilines is 1. The van der Waals surface area contributed by atoms with Gasteiger partial charge in [0.05, 0.1) is 11.9 Å². The first-order valence-corrected chi connectivity index (χ1v) is 5.79. The molecule has 8 heteroatoms. The van der Waals surface area contributed by atoms with Crippen LogP contribution in [-0.4, -0.2) is 27.2 Å². The second-order valence-electron chi connectivity index (χ2n) is 4.10. The third kappa shape index (κ3) is 3.54. The molecule has 0 aromatic carbocycles. The van der Waals surface area contributed by atoms with Crippen LogP contribution < -0.4 is 5.32 Å². The first-order chi connectivity index (χ1) is 9.89. The van der Waals surface area contributed by atoms with Gasteiger partial charge < -0.3 is 10.4 Å². The number of aliphatic hydroxyl groups is 1. The van der Waals surface area contributed by atoms with Crippen molar-refractivity contribution in [2.45, 2.75) is 12.3 Å². The first kappa shape index (κ1) is 14.9. The minimum atomic E-state index is -4.84. The molecule has 1 amide bonds. The Morgan fingerprint density at radius 3 is 2.38 bits per heavy atom. The zero-order valence-electron chi connectivity index (χ0n) is 10.5. The van der Waals surface area contributed by atoms with Crippen molar-refractivity contribution in [3.63, 3.8) is 0 Å². The van der Waals surface area contributed by atoms with Gasteiger partial charge in [-0.1, -0.05) is 0 Å². The number of carbonyl (C=O) groups is 1. The second-order valence-corrected chi connectivity index (χ2v) is 4.10. The zero-order valence-corrected chi connectivity index (χ0v) is 10.5. The van der Waals surface area contributed by atoms with Crippen LogP contribution in [0.3, 0.4) is 0 Å². The van der Waals surface area contributed by atoms with Crippen LogP contribution in [0.1, 0.15) is 22.0 Å². The number of aromatic nitrogens is 2. The van der Waals surface area contributed by atoms with Crippen LogP contribution in [0, 0.1) is 0 Å². The van der Waals surface area contributed by atoms with Crippen LogP contribution in [0.15, 0.2) is 43.0 Å². The molecule has 2 rings (SSSR count). The van der Waals surface area contributed by atoms with Gasteiger partial charge >= 0.3 is 6.18 Å². The summed E-state index contributed by atoms with van der Waals surface area (Å²) in [5, 5.41) is 11.6. The minimum absolute atomic E-state index is 0.205. The highest BCUT2D eigenvalue weighted by Crippen LogP contribution is 2.35. The number of hydrogen-bond donors (Lipinski definition) is 2. The van der Waals surface area contributed by atoms with Gasteiger partial charge in [0.2, 0.25) is 0 Å². The van der Waals surface area contributed by atoms with Crippen LogP contribution in [0.4, 0.5) is 18.9 Å². The molecule has 0 radical (unpaired) electrons. The van der Waals surface area contributed by atoms with Crippen LogP contribution in [0.2, 0.25) is 0 Å². The molecule has 0 spiro atoms. The number of alkyl halides is 3. The van der Waals surface area contributed by atoms with E-state index < -0.39 is 23.8 Å². The first-order valence-electron chi connectivity index (χ1n) is 5.79. The van der Waals surface area contributed by atoms with Gasteiger partial charge in [-0.2, -0.15) is 13.2 Å². The third-order valence-corrected chi connectivity index (χ3v) is 2.65. The summed E-state index contributed by atoms with van der Waals surface area (Å²) >= 11 is 0. The highest BCUT2D eigenvalue weighted by molar-refractivity contribution is 6.04. The SMILES string of the molecule is O=C(Nc1cnccc1C(O)C(F)(F)F)c1ccncc1. The predicted molar refractivity (Wildman–Crippen MR) is 67.4 cm³/mol. The lowest BCUT2D eigenvalue weighted by molar-refractivity contribution is -0.206. The van der Waals surface area contributed by atoms with Gasteiger partial charge in [0.15, 0.2) is 6.10 Å². The average molecular weight is 297 g/mol. The molecule has 0 fully saturated rings. The maximum Gasteiger partial charge on any atom is 0.418 e. The van der Waals surface area contributed by atoms with Crippen LogP contribution >= 0.6 is 0 Å². The Morgan fingerprint density at radius 2 is 1.76 bits per heavy atom. The van der Waals surface area contributed by atoms with Crippen LogP contribution in [-0.2, 0) is 0 Å². The Bertz CT molecular complexity index is 632. The summed E-state index contributed by atoms with van der Waals surface area (Å²) in [6.45, 7) is 0. The van der Waals surface area contributed by atoms with Crippen molar-refractivity contribution in [2.24, 2.45) is 0 Å². The lowest BCUT2D eigenvalue weighted by atomic mass is 10.1. The molecule has 2 aromatic heterocycles. The molecule has 2 heterocycles. The van der Waals surface area contributed by atoms with E-state index in [9.17, 15) is 23.1 Å². The van der Waals surface area contributed by atoms with Gasteiger partial charge in [-0.05, 0) is 18.2 Å². The maximum absolute atomic E-state index is 12.6. The zero-order chi connectivity index (χ0) is 15.5. The molecule has 1 unspecified atom stereocenters. The van der Waals surface area contributed by atoms with Gasteiger partial charge in [-0.3, -0.25) is 14.8 Å². The normalized spacial score (nSPS) is 12.8. The van der Waals surface area contributed by atoms with Crippen LogP contribution in [0.5, 0.6) is 0 Å². The van der Waals surface area contributed by atoms with E-state index in [1.54, 1.807) is 0 Å². The number of halogens is 3. The van der Waals surface area contributed by atoms with Crippen molar-refractivity contribution >= 4 is 11.6 Å². The van der Waals surface area contributed by atoms with E-state index in [0.717, 1.165) is 18.5 Å². The smallest absolute Gasteiger partial charge is 0.379 e. The summed E-state index contributed by atoms with van der Waals surface area (Å²) in [5.41, 5.74) is -0.453. The molecular weight excluding hydrogens is 287 g/mol. The molecule has 0 saturated heterocycles. The summed E-state index contributed by atoms with van der Waals surface area (Å²) < 4.78 is 37.8. The highest BCUT2D eigenvalue weighted by Gasteiger charge is 2.40. The Morgan fingerprint density at radius 1 is 1.14 bits per heavy atom. The molecule has 1 atom stereocenters. The number of carbonyl (C=O) groups excluding carboxylic acids is 1. The summed E-state index contributed by atoms with van der Waals surface area (Å²) in [5.74, 6) is -0.624. The number of aliphatic hydroxyl groups excluding tert-OH is 1. The summed E-state index contributed by atoms with van der Waals surface area (Å²) in [7, 11) is 0. The topological polar surface area (TPSA) is 75.1 Å². The molecule has 0 saturated carbocycles. The Kier molecular flexibility index (Phi) is 4.18. The number of amides is 1. The fraction of sp³-hybridized carbons (Fsp3) is 0.154. The second kappa shape index (κ2) is 5.88. The molecular formula is C13H10F3N3O2. The predicted octanol–water partition coefficient (Wildman–Crippen LogP) is 2.32. The van der Waals surface area contributed by atoms with Crippen molar-refractivity contribution in [3.8, 4) is 0 Å². The van der Waals surface area contributed by atoms with E-state index >= 15 is 0 Å². The fourth-order valence-electron chi connectivity index (χ4n) is 1.62. The molecule has 0 aliphatic carbocycles. The third-order valence-electron chi connectivity index (χ3n) is 2.65. The summed E-state index contributed by atoms with van der Waals surface area (Å²) in [4.78, 5) is 19.3. The van der Waals surface area contributed by atoms with E-state index in [1.807, 2.05) is 0 Å². The van der Waals surface area contributed by atoms with E-state index in [-0.39, 0.29) is 11.3 Å². The lowest BCUT2D eigenvalue weighted by Gasteiger charge is -2.18. The standard InChI is InChI=1S/C13H10F3N3O2/c14-13(15,16)11(20)9-3-6-18-7-10(9)19-12(21)8-1-4-17-5-2-8/h1-7,11,20H,(H,19,21). The maximum atomic E-state index is 12.6. The van der Waals surface area contributed by atoms with E-state index in [0.29, 0.717) is 0 Å². The van der Waals surface area contributed by atoms with Crippen molar-refractivity contribution in [2.75, 3.05) is 5.32 Å². The van der Waals surface area contributed by atoms with E-state index in [4.69, 9.17) is 0 Å². The number of rotatable bonds is 3. The number of nitrogens with zero attached hydrogens (tertiary/aromatic N) is 2. The van der Waals surface area contributed by atoms with Gasteiger partial charge in [-0.15, -0.1) is 0 Å². The molecule has 5 nitrogen and oxygen atoms in total. The Hall–Kier alpha value is -2.48. The molecule has 0 aliphatic rings. The quantitative estimate of drug-likeness (QED) is 0.911. The number of pyridine rings is 2. The molecule has 0 bridgehead atoms. The molecule has 2 aromatic rings. The number of hydrogen-bond acceptors (Lipinski definition) is 4. The fourth-order valence-corrected chi connectivity index (χ4v) is 1.62. The lowest BCUT2D eigenvalue weighted by Crippen LogP contribution is -2.23. The van der Waals surface area contributed by atoms with Gasteiger partial charge in [-0.25, -0.2) is 0 Å². The van der Waals surface area contributed by atoms with Crippen molar-refractivity contribution in [1.29, 1.82) is 0 Å². The number of nitrogens with one attached hydrogen (secondary N) is 1. The highest BCUT2D eigenvalue weighted by atomic mass is 19.4. The van der Waals surface area contributed by atoms with Gasteiger partial charge in [0.25, 0.3) is 5.91 Å². The summed E-state index contributed by atoms with van der Waals surface area (Å²) in [6, 6.07) is 3.82. The van der Waals surface area contributed by atoms with Crippen LogP contribution in [0.25, 0.3) is 0 Å². The van der Waals surface area contributed by atoms with Gasteiger partial charge in [0, 0.05) is 29.7 Å². The van der Waals surface area contributed by atoms with E-state index in [1.165, 1.54) is 24.5 Å². The average Bonchev–Trinajstić information content (AvgIpc) is 2.47. The van der Waals surface area contributed by atoms with E-state index in [2.05, 4.69) is 15.3 Å². The summed E-state index contributed by atoms with van der Waals surface area (Å²) in [6.07, 6.45) is -2.63. The van der Waals surface area contributed by atoms with Crippen molar-refractivity contribution < 1.29 is 23.1 Å². The molecule has 110 valence electrons.